The molecule has 0 aliphatic carbocycles. The minimum atomic E-state index is -0.728. The molecule has 3 aromatic carbocycles. The monoisotopic (exact) mass is 405 g/mol. The molecule has 0 aromatic heterocycles. The number of para-hydroxylation sites is 1. The maximum absolute atomic E-state index is 12.9. The zero-order valence-electron chi connectivity index (χ0n) is 16.6. The lowest BCUT2D eigenvalue weighted by Gasteiger charge is -2.22. The Bertz CT molecular complexity index is 974. The second-order valence-corrected chi connectivity index (χ2v) is 6.35. The molecule has 3 aromatic rings. The van der Waals surface area contributed by atoms with Crippen molar-refractivity contribution in [1.82, 2.24) is 5.32 Å². The Hall–Kier alpha value is -4.00. The highest BCUT2D eigenvalue weighted by atomic mass is 16.5. The first-order valence-electron chi connectivity index (χ1n) is 9.38. The summed E-state index contributed by atoms with van der Waals surface area (Å²) >= 11 is 0. The molecule has 154 valence electrons. The van der Waals surface area contributed by atoms with Crippen molar-refractivity contribution < 1.29 is 19.1 Å². The zero-order chi connectivity index (χ0) is 21.3. The van der Waals surface area contributed by atoms with Crippen LogP contribution in [0.5, 0.6) is 11.5 Å². The van der Waals surface area contributed by atoms with Gasteiger partial charge in [0.1, 0.15) is 18.1 Å². The van der Waals surface area contributed by atoms with Crippen molar-refractivity contribution in [3.63, 3.8) is 0 Å². The van der Waals surface area contributed by atoms with Crippen LogP contribution >= 0.6 is 0 Å². The largest absolute Gasteiger partial charge is 0.497 e. The summed E-state index contributed by atoms with van der Waals surface area (Å²) in [7, 11) is 1.59. The van der Waals surface area contributed by atoms with E-state index in [0.717, 1.165) is 5.75 Å². The molecule has 0 bridgehead atoms. The number of amides is 2. The number of hydrogen-bond donors (Lipinski definition) is 2. The van der Waals surface area contributed by atoms with Crippen molar-refractivity contribution >= 4 is 28.9 Å². The molecule has 3 N–H and O–H groups in total. The Morgan fingerprint density at radius 3 is 2.10 bits per heavy atom. The molecule has 0 heterocycles. The number of hydrogen-bond acceptors (Lipinski definition) is 5. The first-order chi connectivity index (χ1) is 14.6. The van der Waals surface area contributed by atoms with Gasteiger partial charge < -0.3 is 20.5 Å². The molecule has 0 unspecified atom stereocenters. The Morgan fingerprint density at radius 2 is 1.47 bits per heavy atom. The van der Waals surface area contributed by atoms with Crippen LogP contribution in [-0.4, -0.2) is 32.1 Å². The maximum atomic E-state index is 12.9. The van der Waals surface area contributed by atoms with Crippen molar-refractivity contribution in [2.45, 2.75) is 0 Å². The summed E-state index contributed by atoms with van der Waals surface area (Å²) in [5.74, 6) is -0.0569. The Labute approximate surface area is 175 Å². The van der Waals surface area contributed by atoms with E-state index in [1.807, 2.05) is 6.07 Å². The highest BCUT2D eigenvalue weighted by Gasteiger charge is 2.24. The number of nitrogens with two attached hydrogens (primary N) is 1. The van der Waals surface area contributed by atoms with Gasteiger partial charge in [0.2, 0.25) is 0 Å². The maximum Gasteiger partial charge on any atom is 0.320 e. The molecule has 0 saturated carbocycles. The van der Waals surface area contributed by atoms with E-state index < -0.39 is 11.8 Å². The van der Waals surface area contributed by atoms with Crippen LogP contribution in [0.1, 0.15) is 0 Å². The van der Waals surface area contributed by atoms with Crippen molar-refractivity contribution in [2.24, 2.45) is 0 Å². The third-order valence-corrected chi connectivity index (χ3v) is 4.28. The van der Waals surface area contributed by atoms with E-state index in [-0.39, 0.29) is 13.2 Å². The molecule has 3 rings (SSSR count). The van der Waals surface area contributed by atoms with E-state index in [9.17, 15) is 9.59 Å². The van der Waals surface area contributed by atoms with Gasteiger partial charge in [-0.1, -0.05) is 18.2 Å². The lowest BCUT2D eigenvalue weighted by atomic mass is 10.2. The van der Waals surface area contributed by atoms with Crippen molar-refractivity contribution in [1.29, 1.82) is 0 Å². The van der Waals surface area contributed by atoms with Crippen molar-refractivity contribution in [3.05, 3.63) is 78.9 Å². The van der Waals surface area contributed by atoms with Crippen LogP contribution in [0, 0.1) is 0 Å². The molecule has 7 nitrogen and oxygen atoms in total. The zero-order valence-corrected chi connectivity index (χ0v) is 16.6. The van der Waals surface area contributed by atoms with Gasteiger partial charge in [-0.05, 0) is 60.7 Å². The standard InChI is InChI=1S/C23H23N3O4/c1-29-20-11-13-21(14-12-20)30-16-15-25-22(27)23(28)26(18-5-3-2-4-6-18)19-9-7-17(24)8-10-19/h2-14H,15-16,24H2,1H3,(H,25,27). The fourth-order valence-electron chi connectivity index (χ4n) is 2.77. The third kappa shape index (κ3) is 5.29. The predicted molar refractivity (Wildman–Crippen MR) is 116 cm³/mol. The number of rotatable bonds is 7. The van der Waals surface area contributed by atoms with Crippen molar-refractivity contribution in [2.75, 3.05) is 30.9 Å². The summed E-state index contributed by atoms with van der Waals surface area (Å²) in [5.41, 5.74) is 7.44. The van der Waals surface area contributed by atoms with Crippen LogP contribution in [0.3, 0.4) is 0 Å². The number of carbonyl (C=O) groups excluding carboxylic acids is 2. The van der Waals surface area contributed by atoms with Crippen molar-refractivity contribution in [3.8, 4) is 11.5 Å². The SMILES string of the molecule is COc1ccc(OCCNC(=O)C(=O)N(c2ccccc2)c2ccc(N)cc2)cc1. The van der Waals surface area contributed by atoms with Crippen LogP contribution in [-0.2, 0) is 9.59 Å². The van der Waals surface area contributed by atoms with E-state index in [2.05, 4.69) is 5.32 Å². The molecule has 2 amide bonds. The van der Waals surface area contributed by atoms with E-state index in [4.69, 9.17) is 15.2 Å². The highest BCUT2D eigenvalue weighted by molar-refractivity contribution is 6.42. The average Bonchev–Trinajstić information content (AvgIpc) is 2.79. The van der Waals surface area contributed by atoms with Crippen LogP contribution in [0.15, 0.2) is 78.9 Å². The molecule has 0 spiro atoms. The normalized spacial score (nSPS) is 10.2. The lowest BCUT2D eigenvalue weighted by Crippen LogP contribution is -2.42. The number of nitrogens with zero attached hydrogens (tertiary/aromatic N) is 1. The molecule has 0 aliphatic rings. The van der Waals surface area contributed by atoms with Gasteiger partial charge in [0.25, 0.3) is 0 Å². The Kier molecular flexibility index (Phi) is 6.89. The molecule has 0 aliphatic heterocycles. The molecule has 0 radical (unpaired) electrons. The predicted octanol–water partition coefficient (Wildman–Crippen LogP) is 3.14. The number of carbonyl (C=O) groups is 2. The van der Waals surface area contributed by atoms with Crippen LogP contribution in [0.25, 0.3) is 0 Å². The number of nitrogen functional groups attached to an aromatic ring is 1. The van der Waals surface area contributed by atoms with E-state index >= 15 is 0 Å². The summed E-state index contributed by atoms with van der Waals surface area (Å²) in [6, 6.07) is 22.8. The average molecular weight is 405 g/mol. The first-order valence-corrected chi connectivity index (χ1v) is 9.38. The number of ether oxygens (including phenoxy) is 2. The fraction of sp³-hybridized carbons (Fsp3) is 0.130. The van der Waals surface area contributed by atoms with E-state index in [0.29, 0.717) is 22.8 Å². The van der Waals surface area contributed by atoms with Crippen LogP contribution in [0.4, 0.5) is 17.1 Å². The number of nitrogens with one attached hydrogen (secondary N) is 1. The first kappa shape index (κ1) is 20.7. The summed E-state index contributed by atoms with van der Waals surface area (Å²) in [6.07, 6.45) is 0. The quantitative estimate of drug-likeness (QED) is 0.358. The van der Waals surface area contributed by atoms with Gasteiger partial charge in [0.05, 0.1) is 13.7 Å². The summed E-state index contributed by atoms with van der Waals surface area (Å²) in [6.45, 7) is 0.402. The summed E-state index contributed by atoms with van der Waals surface area (Å²) in [5, 5.41) is 2.60. The van der Waals surface area contributed by atoms with Gasteiger partial charge >= 0.3 is 11.8 Å². The minimum absolute atomic E-state index is 0.182. The number of anilines is 3. The minimum Gasteiger partial charge on any atom is -0.497 e. The molecule has 30 heavy (non-hydrogen) atoms. The second-order valence-electron chi connectivity index (χ2n) is 6.35. The Morgan fingerprint density at radius 1 is 0.867 bits per heavy atom. The van der Waals surface area contributed by atoms with Gasteiger partial charge in [-0.3, -0.25) is 14.5 Å². The third-order valence-electron chi connectivity index (χ3n) is 4.28. The second kappa shape index (κ2) is 9.97. The fourth-order valence-corrected chi connectivity index (χ4v) is 2.77. The molecule has 7 heteroatoms. The van der Waals surface area contributed by atoms with E-state index in [1.165, 1.54) is 4.90 Å². The molecular formula is C23H23N3O4. The van der Waals surface area contributed by atoms with Gasteiger partial charge in [-0.2, -0.15) is 0 Å². The Balaban J connectivity index is 1.62. The molecular weight excluding hydrogens is 382 g/mol. The van der Waals surface area contributed by atoms with Gasteiger partial charge in [-0.15, -0.1) is 0 Å². The van der Waals surface area contributed by atoms with E-state index in [1.54, 1.807) is 79.9 Å². The van der Waals surface area contributed by atoms with Gasteiger partial charge in [-0.25, -0.2) is 0 Å². The van der Waals surface area contributed by atoms with Crippen LogP contribution < -0.4 is 25.4 Å². The topological polar surface area (TPSA) is 93.9 Å². The number of methoxy groups -OCH3 is 1. The van der Waals surface area contributed by atoms with Crippen LogP contribution in [0.2, 0.25) is 0 Å². The lowest BCUT2D eigenvalue weighted by molar-refractivity contribution is -0.137. The summed E-state index contributed by atoms with van der Waals surface area (Å²) < 4.78 is 10.7. The van der Waals surface area contributed by atoms with Gasteiger partial charge in [0, 0.05) is 17.1 Å². The van der Waals surface area contributed by atoms with Gasteiger partial charge in [0.15, 0.2) is 0 Å². The highest BCUT2D eigenvalue weighted by Crippen LogP contribution is 2.26. The molecule has 0 atom stereocenters. The smallest absolute Gasteiger partial charge is 0.320 e. The molecule has 0 fully saturated rings. The number of benzene rings is 3. The molecule has 0 saturated heterocycles. The summed E-state index contributed by atoms with van der Waals surface area (Å²) in [4.78, 5) is 26.7.